The lowest BCUT2D eigenvalue weighted by Gasteiger charge is -2.34. The van der Waals surface area contributed by atoms with Gasteiger partial charge in [-0.05, 0) is 24.1 Å². The molecule has 0 atom stereocenters. The van der Waals surface area contributed by atoms with E-state index in [4.69, 9.17) is 14.2 Å². The van der Waals surface area contributed by atoms with Crippen LogP contribution in [0.5, 0.6) is 17.2 Å². The van der Waals surface area contributed by atoms with Crippen molar-refractivity contribution in [2.24, 2.45) is 0 Å². The minimum atomic E-state index is 0.638. The summed E-state index contributed by atoms with van der Waals surface area (Å²) in [5.41, 5.74) is 1.17. The zero-order valence-electron chi connectivity index (χ0n) is 17.0. The first-order valence-electron chi connectivity index (χ1n) is 9.86. The Labute approximate surface area is 166 Å². The second kappa shape index (κ2) is 8.36. The molecule has 0 saturated carbocycles. The zero-order valence-corrected chi connectivity index (χ0v) is 17.0. The van der Waals surface area contributed by atoms with E-state index < -0.39 is 0 Å². The molecule has 8 heteroatoms. The van der Waals surface area contributed by atoms with Crippen LogP contribution in [-0.2, 0) is 26.1 Å². The Morgan fingerprint density at radius 1 is 0.821 bits per heavy atom. The Hall–Kier alpha value is -2.32. The first kappa shape index (κ1) is 19.0. The predicted molar refractivity (Wildman–Crippen MR) is 105 cm³/mol. The molecule has 3 heterocycles. The SMILES string of the molecule is COc1cc(CN2CCN(Cc3nnc4n3CCC4)CC2)cc(OC)c1OC. The van der Waals surface area contributed by atoms with Gasteiger partial charge in [-0.25, -0.2) is 0 Å². The van der Waals surface area contributed by atoms with Gasteiger partial charge in [-0.1, -0.05) is 0 Å². The lowest BCUT2D eigenvalue weighted by atomic mass is 10.1. The van der Waals surface area contributed by atoms with Crippen LogP contribution in [-0.4, -0.2) is 72.1 Å². The van der Waals surface area contributed by atoms with Gasteiger partial charge in [0, 0.05) is 45.7 Å². The average molecular weight is 387 g/mol. The molecule has 0 bridgehead atoms. The molecule has 8 nitrogen and oxygen atoms in total. The first-order valence-corrected chi connectivity index (χ1v) is 9.86. The molecular formula is C20H29N5O3. The maximum atomic E-state index is 5.47. The van der Waals surface area contributed by atoms with E-state index in [0.717, 1.165) is 63.9 Å². The van der Waals surface area contributed by atoms with Crippen molar-refractivity contribution in [1.29, 1.82) is 0 Å². The highest BCUT2D eigenvalue weighted by Crippen LogP contribution is 2.38. The third-order valence-corrected chi connectivity index (χ3v) is 5.65. The fraction of sp³-hybridized carbons (Fsp3) is 0.600. The predicted octanol–water partition coefficient (Wildman–Crippen LogP) is 1.57. The highest BCUT2D eigenvalue weighted by molar-refractivity contribution is 5.53. The fourth-order valence-electron chi connectivity index (χ4n) is 4.12. The summed E-state index contributed by atoms with van der Waals surface area (Å²) < 4.78 is 18.7. The van der Waals surface area contributed by atoms with E-state index in [1.807, 2.05) is 12.1 Å². The Morgan fingerprint density at radius 3 is 2.07 bits per heavy atom. The van der Waals surface area contributed by atoms with Gasteiger partial charge in [-0.2, -0.15) is 0 Å². The molecule has 0 amide bonds. The molecular weight excluding hydrogens is 358 g/mol. The lowest BCUT2D eigenvalue weighted by molar-refractivity contribution is 0.118. The fourth-order valence-corrected chi connectivity index (χ4v) is 4.12. The van der Waals surface area contributed by atoms with Crippen molar-refractivity contribution in [2.75, 3.05) is 47.5 Å². The van der Waals surface area contributed by atoms with E-state index in [1.165, 1.54) is 12.0 Å². The Kier molecular flexibility index (Phi) is 5.68. The quantitative estimate of drug-likeness (QED) is 0.714. The second-order valence-corrected chi connectivity index (χ2v) is 7.37. The summed E-state index contributed by atoms with van der Waals surface area (Å²) in [6.07, 6.45) is 2.26. The van der Waals surface area contributed by atoms with Crippen molar-refractivity contribution >= 4 is 0 Å². The summed E-state index contributed by atoms with van der Waals surface area (Å²) in [5.74, 6) is 4.31. The number of benzene rings is 1. The topological polar surface area (TPSA) is 64.9 Å². The van der Waals surface area contributed by atoms with Crippen molar-refractivity contribution < 1.29 is 14.2 Å². The molecule has 0 N–H and O–H groups in total. The monoisotopic (exact) mass is 387 g/mol. The van der Waals surface area contributed by atoms with Crippen LogP contribution in [0.3, 0.4) is 0 Å². The number of piperazine rings is 1. The second-order valence-electron chi connectivity index (χ2n) is 7.37. The average Bonchev–Trinajstić information content (AvgIpc) is 3.33. The molecule has 0 spiro atoms. The maximum absolute atomic E-state index is 5.47. The number of hydrogen-bond donors (Lipinski definition) is 0. The largest absolute Gasteiger partial charge is 0.493 e. The number of aromatic nitrogens is 3. The maximum Gasteiger partial charge on any atom is 0.203 e. The number of nitrogens with zero attached hydrogens (tertiary/aromatic N) is 5. The first-order chi connectivity index (χ1) is 13.7. The van der Waals surface area contributed by atoms with E-state index >= 15 is 0 Å². The van der Waals surface area contributed by atoms with Crippen molar-refractivity contribution in [2.45, 2.75) is 32.5 Å². The highest BCUT2D eigenvalue weighted by atomic mass is 16.5. The molecule has 4 rings (SSSR count). The van der Waals surface area contributed by atoms with Gasteiger partial charge < -0.3 is 18.8 Å². The highest BCUT2D eigenvalue weighted by Gasteiger charge is 2.23. The van der Waals surface area contributed by atoms with Gasteiger partial charge in [0.1, 0.15) is 11.6 Å². The Morgan fingerprint density at radius 2 is 1.46 bits per heavy atom. The summed E-state index contributed by atoms with van der Waals surface area (Å²) in [5, 5.41) is 8.71. The van der Waals surface area contributed by atoms with Gasteiger partial charge in [-0.15, -0.1) is 10.2 Å². The summed E-state index contributed by atoms with van der Waals surface area (Å²) in [6, 6.07) is 4.07. The number of fused-ring (bicyclic) bond motifs is 1. The van der Waals surface area contributed by atoms with E-state index in [2.05, 4.69) is 24.6 Å². The van der Waals surface area contributed by atoms with Gasteiger partial charge in [0.15, 0.2) is 11.5 Å². The molecule has 2 aliphatic heterocycles. The zero-order chi connectivity index (χ0) is 19.5. The molecule has 0 unspecified atom stereocenters. The molecule has 0 aliphatic carbocycles. The third-order valence-electron chi connectivity index (χ3n) is 5.65. The van der Waals surface area contributed by atoms with Gasteiger partial charge in [0.2, 0.25) is 5.75 Å². The van der Waals surface area contributed by atoms with Crippen LogP contribution in [0.2, 0.25) is 0 Å². The standard InChI is InChI=1S/C20H29N5O3/c1-26-16-11-15(12-17(27-2)20(16)28-3)13-23-7-9-24(10-8-23)14-19-22-21-18-5-4-6-25(18)19/h11-12H,4-10,13-14H2,1-3H3. The summed E-state index contributed by atoms with van der Waals surface area (Å²) in [6.45, 7) is 6.95. The van der Waals surface area contributed by atoms with Crippen molar-refractivity contribution in [3.8, 4) is 17.2 Å². The Bertz CT molecular complexity index is 789. The smallest absolute Gasteiger partial charge is 0.203 e. The van der Waals surface area contributed by atoms with Crippen LogP contribution >= 0.6 is 0 Å². The molecule has 1 saturated heterocycles. The van der Waals surface area contributed by atoms with Crippen LogP contribution in [0.25, 0.3) is 0 Å². The number of hydrogen-bond acceptors (Lipinski definition) is 7. The van der Waals surface area contributed by atoms with Crippen LogP contribution < -0.4 is 14.2 Å². The summed E-state index contributed by atoms with van der Waals surface area (Å²) >= 11 is 0. The summed E-state index contributed by atoms with van der Waals surface area (Å²) in [4.78, 5) is 4.94. The van der Waals surface area contributed by atoms with Crippen molar-refractivity contribution in [3.63, 3.8) is 0 Å². The molecule has 1 aromatic carbocycles. The van der Waals surface area contributed by atoms with E-state index in [0.29, 0.717) is 17.2 Å². The number of ether oxygens (including phenoxy) is 3. The van der Waals surface area contributed by atoms with Crippen molar-refractivity contribution in [1.82, 2.24) is 24.6 Å². The molecule has 2 aromatic rings. The van der Waals surface area contributed by atoms with E-state index in [1.54, 1.807) is 21.3 Å². The van der Waals surface area contributed by atoms with Crippen molar-refractivity contribution in [3.05, 3.63) is 29.3 Å². The molecule has 1 aromatic heterocycles. The van der Waals surface area contributed by atoms with Gasteiger partial charge in [0.25, 0.3) is 0 Å². The number of methoxy groups -OCH3 is 3. The minimum absolute atomic E-state index is 0.638. The number of rotatable bonds is 7. The molecule has 2 aliphatic rings. The van der Waals surface area contributed by atoms with Crippen LogP contribution in [0.15, 0.2) is 12.1 Å². The third kappa shape index (κ3) is 3.79. The van der Waals surface area contributed by atoms with Gasteiger partial charge in [0.05, 0.1) is 27.9 Å². The van der Waals surface area contributed by atoms with E-state index in [9.17, 15) is 0 Å². The van der Waals surface area contributed by atoms with E-state index in [-0.39, 0.29) is 0 Å². The molecule has 1 fully saturated rings. The minimum Gasteiger partial charge on any atom is -0.493 e. The van der Waals surface area contributed by atoms with Crippen LogP contribution in [0.4, 0.5) is 0 Å². The molecule has 0 radical (unpaired) electrons. The molecule has 152 valence electrons. The van der Waals surface area contributed by atoms with Crippen LogP contribution in [0.1, 0.15) is 23.6 Å². The normalized spacial score (nSPS) is 17.5. The molecule has 28 heavy (non-hydrogen) atoms. The van der Waals surface area contributed by atoms with Crippen LogP contribution in [0, 0.1) is 0 Å². The lowest BCUT2D eigenvalue weighted by Crippen LogP contribution is -2.45. The Balaban J connectivity index is 1.35. The van der Waals surface area contributed by atoms with Gasteiger partial charge in [-0.3, -0.25) is 9.80 Å². The van der Waals surface area contributed by atoms with Gasteiger partial charge >= 0.3 is 0 Å². The number of aryl methyl sites for hydroxylation is 1. The summed E-state index contributed by atoms with van der Waals surface area (Å²) in [7, 11) is 4.94.